The first-order valence-corrected chi connectivity index (χ1v) is 9.55. The van der Waals surface area contributed by atoms with Crippen LogP contribution in [0.1, 0.15) is 12.0 Å². The van der Waals surface area contributed by atoms with Crippen LogP contribution in [0.4, 0.5) is 18.9 Å². The molecule has 0 atom stereocenters. The number of hydrogen-bond acceptors (Lipinski definition) is 3. The number of hydrogen-bond donors (Lipinski definition) is 0. The van der Waals surface area contributed by atoms with Crippen LogP contribution >= 0.6 is 0 Å². The van der Waals surface area contributed by atoms with Crippen molar-refractivity contribution in [2.45, 2.75) is 19.1 Å². The number of rotatable bonds is 5. The van der Waals surface area contributed by atoms with Crippen LogP contribution in [0.3, 0.4) is 0 Å². The van der Waals surface area contributed by atoms with Crippen molar-refractivity contribution < 1.29 is 13.2 Å². The van der Waals surface area contributed by atoms with E-state index in [1.54, 1.807) is 6.07 Å². The number of fused-ring (bicyclic) bond motifs is 1. The standard InChI is InChI=1S/C21H23F3N4/c22-21(23,24)17-5-3-6-18(15-17)27-13-11-26(12-14-27)9-4-10-28-16-25-19-7-1-2-8-20(19)28/h1-3,5-8,15-16H,4,9-14H2. The summed E-state index contributed by atoms with van der Waals surface area (Å²) in [6, 6.07) is 13.7. The third-order valence-corrected chi connectivity index (χ3v) is 5.31. The molecule has 148 valence electrons. The Morgan fingerprint density at radius 1 is 0.893 bits per heavy atom. The molecule has 28 heavy (non-hydrogen) atoms. The lowest BCUT2D eigenvalue weighted by molar-refractivity contribution is -0.137. The summed E-state index contributed by atoms with van der Waals surface area (Å²) in [5.41, 5.74) is 2.23. The quantitative estimate of drug-likeness (QED) is 0.653. The van der Waals surface area contributed by atoms with E-state index < -0.39 is 11.7 Å². The molecule has 4 nitrogen and oxygen atoms in total. The summed E-state index contributed by atoms with van der Waals surface area (Å²) in [7, 11) is 0. The molecule has 1 aliphatic rings. The molecule has 0 N–H and O–H groups in total. The van der Waals surface area contributed by atoms with Gasteiger partial charge in [-0.2, -0.15) is 13.2 Å². The van der Waals surface area contributed by atoms with E-state index in [-0.39, 0.29) is 0 Å². The Balaban J connectivity index is 1.28. The normalized spacial score (nSPS) is 16.0. The molecule has 1 fully saturated rings. The number of piperazine rings is 1. The lowest BCUT2D eigenvalue weighted by Gasteiger charge is -2.36. The van der Waals surface area contributed by atoms with Gasteiger partial charge in [-0.1, -0.05) is 18.2 Å². The highest BCUT2D eigenvalue weighted by atomic mass is 19.4. The fraction of sp³-hybridized carbons (Fsp3) is 0.381. The second-order valence-corrected chi connectivity index (χ2v) is 7.16. The SMILES string of the molecule is FC(F)(F)c1cccc(N2CCN(CCCn3cnc4ccccc43)CC2)c1. The molecule has 0 radical (unpaired) electrons. The van der Waals surface area contributed by atoms with Crippen LogP contribution in [0, 0.1) is 0 Å². The average Bonchev–Trinajstić information content (AvgIpc) is 3.11. The minimum absolute atomic E-state index is 0.583. The van der Waals surface area contributed by atoms with Crippen molar-refractivity contribution in [3.05, 3.63) is 60.4 Å². The number of halogens is 3. The summed E-state index contributed by atoms with van der Waals surface area (Å²) in [5.74, 6) is 0. The van der Waals surface area contributed by atoms with E-state index in [1.165, 1.54) is 12.1 Å². The average molecular weight is 388 g/mol. The van der Waals surface area contributed by atoms with Gasteiger partial charge < -0.3 is 9.47 Å². The molecule has 0 amide bonds. The van der Waals surface area contributed by atoms with E-state index in [0.717, 1.165) is 62.8 Å². The van der Waals surface area contributed by atoms with Gasteiger partial charge in [0, 0.05) is 38.4 Å². The molecule has 7 heteroatoms. The molecule has 1 saturated heterocycles. The maximum Gasteiger partial charge on any atom is 0.416 e. The third-order valence-electron chi connectivity index (χ3n) is 5.31. The lowest BCUT2D eigenvalue weighted by atomic mass is 10.1. The van der Waals surface area contributed by atoms with Gasteiger partial charge in [0.15, 0.2) is 0 Å². The van der Waals surface area contributed by atoms with Crippen LogP contribution in [-0.4, -0.2) is 47.2 Å². The number of anilines is 1. The molecule has 2 heterocycles. The highest BCUT2D eigenvalue weighted by Gasteiger charge is 2.31. The van der Waals surface area contributed by atoms with Crippen molar-refractivity contribution in [3.63, 3.8) is 0 Å². The zero-order valence-electron chi connectivity index (χ0n) is 15.6. The summed E-state index contributed by atoms with van der Waals surface area (Å²) in [4.78, 5) is 8.83. The Bertz CT molecular complexity index is 927. The molecule has 0 aliphatic carbocycles. The molecule has 1 aliphatic heterocycles. The van der Waals surface area contributed by atoms with E-state index in [1.807, 2.05) is 29.4 Å². The zero-order valence-corrected chi connectivity index (χ0v) is 15.6. The van der Waals surface area contributed by atoms with Gasteiger partial charge >= 0.3 is 6.18 Å². The second-order valence-electron chi connectivity index (χ2n) is 7.16. The molecule has 0 spiro atoms. The van der Waals surface area contributed by atoms with Crippen molar-refractivity contribution in [2.75, 3.05) is 37.6 Å². The predicted octanol–water partition coefficient (Wildman–Crippen LogP) is 4.27. The monoisotopic (exact) mass is 388 g/mol. The van der Waals surface area contributed by atoms with Gasteiger partial charge in [-0.3, -0.25) is 4.90 Å². The summed E-state index contributed by atoms with van der Waals surface area (Å²) < 4.78 is 40.9. The van der Waals surface area contributed by atoms with Crippen molar-refractivity contribution in [1.29, 1.82) is 0 Å². The van der Waals surface area contributed by atoms with E-state index in [0.29, 0.717) is 5.69 Å². The van der Waals surface area contributed by atoms with Crippen LogP contribution in [0.15, 0.2) is 54.9 Å². The number of aryl methyl sites for hydroxylation is 1. The molecule has 4 rings (SSSR count). The molecular formula is C21H23F3N4. The van der Waals surface area contributed by atoms with Crippen LogP contribution in [-0.2, 0) is 12.7 Å². The van der Waals surface area contributed by atoms with Crippen LogP contribution in [0.2, 0.25) is 0 Å². The molecule has 3 aromatic rings. The van der Waals surface area contributed by atoms with Crippen molar-refractivity contribution in [1.82, 2.24) is 14.5 Å². The van der Waals surface area contributed by atoms with Crippen molar-refractivity contribution in [3.8, 4) is 0 Å². The lowest BCUT2D eigenvalue weighted by Crippen LogP contribution is -2.46. The molecule has 0 unspecified atom stereocenters. The van der Waals surface area contributed by atoms with Crippen LogP contribution < -0.4 is 4.90 Å². The first-order valence-electron chi connectivity index (χ1n) is 9.55. The Morgan fingerprint density at radius 3 is 2.46 bits per heavy atom. The Hall–Kier alpha value is -2.54. The summed E-state index contributed by atoms with van der Waals surface area (Å²) in [5, 5.41) is 0. The smallest absolute Gasteiger partial charge is 0.369 e. The van der Waals surface area contributed by atoms with Gasteiger partial charge in [0.1, 0.15) is 0 Å². The second kappa shape index (κ2) is 7.83. The minimum Gasteiger partial charge on any atom is -0.369 e. The highest BCUT2D eigenvalue weighted by Crippen LogP contribution is 2.31. The van der Waals surface area contributed by atoms with Gasteiger partial charge in [-0.15, -0.1) is 0 Å². The van der Waals surface area contributed by atoms with Crippen LogP contribution in [0.25, 0.3) is 11.0 Å². The van der Waals surface area contributed by atoms with Gasteiger partial charge in [0.25, 0.3) is 0 Å². The zero-order chi connectivity index (χ0) is 19.6. The topological polar surface area (TPSA) is 24.3 Å². The molecule has 0 bridgehead atoms. The first-order chi connectivity index (χ1) is 13.5. The van der Waals surface area contributed by atoms with Gasteiger partial charge in [0.2, 0.25) is 0 Å². The van der Waals surface area contributed by atoms with E-state index in [4.69, 9.17) is 0 Å². The van der Waals surface area contributed by atoms with Gasteiger partial charge in [0.05, 0.1) is 22.9 Å². The van der Waals surface area contributed by atoms with Crippen LogP contribution in [0.5, 0.6) is 0 Å². The Labute approximate surface area is 162 Å². The van der Waals surface area contributed by atoms with E-state index in [2.05, 4.69) is 20.5 Å². The number of nitrogens with zero attached hydrogens (tertiary/aromatic N) is 4. The summed E-state index contributed by atoms with van der Waals surface area (Å²) >= 11 is 0. The number of benzene rings is 2. The fourth-order valence-electron chi connectivity index (χ4n) is 3.76. The maximum absolute atomic E-state index is 12.9. The fourth-order valence-corrected chi connectivity index (χ4v) is 3.76. The Kier molecular flexibility index (Phi) is 5.26. The number of aromatic nitrogens is 2. The Morgan fingerprint density at radius 2 is 1.68 bits per heavy atom. The highest BCUT2D eigenvalue weighted by molar-refractivity contribution is 5.74. The molecule has 1 aromatic heterocycles. The molecule has 0 saturated carbocycles. The maximum atomic E-state index is 12.9. The molecular weight excluding hydrogens is 365 g/mol. The predicted molar refractivity (Wildman–Crippen MR) is 104 cm³/mol. The first kappa shape index (κ1) is 18.8. The number of alkyl halides is 3. The van der Waals surface area contributed by atoms with E-state index >= 15 is 0 Å². The summed E-state index contributed by atoms with van der Waals surface area (Å²) in [6.07, 6.45) is -1.39. The number of para-hydroxylation sites is 2. The molecule has 2 aromatic carbocycles. The third kappa shape index (κ3) is 4.14. The van der Waals surface area contributed by atoms with Crippen molar-refractivity contribution in [2.24, 2.45) is 0 Å². The van der Waals surface area contributed by atoms with Crippen molar-refractivity contribution >= 4 is 16.7 Å². The minimum atomic E-state index is -4.30. The largest absolute Gasteiger partial charge is 0.416 e. The number of imidazole rings is 1. The van der Waals surface area contributed by atoms with E-state index in [9.17, 15) is 13.2 Å². The van der Waals surface area contributed by atoms with Gasteiger partial charge in [-0.05, 0) is 43.3 Å². The summed E-state index contributed by atoms with van der Waals surface area (Å²) in [6.45, 7) is 5.10. The van der Waals surface area contributed by atoms with Gasteiger partial charge in [-0.25, -0.2) is 4.98 Å².